The van der Waals surface area contributed by atoms with Crippen LogP contribution in [-0.2, 0) is 74.5 Å². The molecule has 4 bridgehead atoms. The standard InChI is InChI=1S/C50H56F2N8O7S.C48H53F2N7O4.C7H13NO6S/c1-6-41(61)58-42(26(2)3)47(63)59-25-49(16-17-49)23-40(59)44-53-24-39(56-44)29-9-13-33-32-12-8-27(20-34(32)50(51,52)35(33)21-29)28-10-14-36-38(22-28)55-45(54-36)43-30-7-11-31(19-30)60(43)46(62)37(57-48(64)67-4)15-18-68(5,65)66;1-7-39(58)55-40(25(2)3)44(59)56-24-47(16-17-47)22-38(56)42-51-23-37(54-42)28-10-14-32-31-13-9-26(19-33(31)48(49,50)34(32)20-28)27-11-15-35-36(21-27)53-43(52-35)41-29-8-12-30(18-29)57(41)45(60)61-46(4,5)6;1-14-7(11)8-5(6(9)10)3-4-15(2,12)13/h8-10,12-14,20-22,24,26,30-31,37,40,42-43H,6-7,11,15-19,23,25H2,1-5H3,(H,53,56)(H,54,55)(H,57,64)(H,58,61);9-11,13-15,19-21,23,25,29-30,38,40-41H,7-8,12,16-18,22,24H2,1-6H3,(H,51,54)(H,52,53)(H,55,58);5H,3-4H2,1-2H3,(H,8,11)(H,9,10)/t30-,31+,37-,40-,42+,43-;29-,30+,38-,40+,41-;5-/m000/s1. The van der Waals surface area contributed by atoms with Gasteiger partial charge in [0.1, 0.15) is 72.7 Å². The van der Waals surface area contributed by atoms with E-state index in [0.29, 0.717) is 115 Å². The second-order valence-electron chi connectivity index (χ2n) is 42.4. The largest absolute Gasteiger partial charge is 0.480 e. The van der Waals surface area contributed by atoms with Gasteiger partial charge in [-0.05, 0) is 238 Å². The molecule has 8 heterocycles. The summed E-state index contributed by atoms with van der Waals surface area (Å²) in [5, 5.41) is 19.0. The maximum absolute atomic E-state index is 16.7. The summed E-state index contributed by atoms with van der Waals surface area (Å²) >= 11 is 0. The smallest absolute Gasteiger partial charge is 0.411 e. The molecular formula is C105H122F4N16O17S2. The van der Waals surface area contributed by atoms with Crippen LogP contribution < -0.4 is 21.3 Å². The highest BCUT2D eigenvalue weighted by Crippen LogP contribution is 2.62. The number of ether oxygens (including phenoxy) is 3. The molecule has 2 spiro atoms. The number of sulfone groups is 2. The molecule has 12 atom stereocenters. The third-order valence-corrected chi connectivity index (χ3v) is 32.4. The Morgan fingerprint density at radius 1 is 0.486 bits per heavy atom. The lowest BCUT2D eigenvalue weighted by Crippen LogP contribution is -2.52. The number of imidazole rings is 4. The number of carbonyl (C=O) groups is 9. The number of aliphatic carboxylic acids is 1. The molecule has 10 aliphatic rings. The third-order valence-electron chi connectivity index (χ3n) is 30.5. The second-order valence-corrected chi connectivity index (χ2v) is 47.0. The topological polar surface area (TPSA) is 446 Å². The normalized spacial score (nSPS) is 22.0. The van der Waals surface area contributed by atoms with E-state index in [1.54, 1.807) is 67.5 Å². The lowest BCUT2D eigenvalue weighted by atomic mass is 9.97. The van der Waals surface area contributed by atoms with E-state index >= 15 is 17.6 Å². The zero-order valence-corrected chi connectivity index (χ0v) is 84.3. The number of hydrogen-bond donors (Lipinski definition) is 9. The molecule has 4 saturated carbocycles. The van der Waals surface area contributed by atoms with Gasteiger partial charge < -0.3 is 75.2 Å². The van der Waals surface area contributed by atoms with Crippen molar-refractivity contribution in [3.8, 4) is 67.0 Å². The summed E-state index contributed by atoms with van der Waals surface area (Å²) in [4.78, 5) is 154. The number of benzene rings is 6. The number of nitrogens with zero attached hydrogens (tertiary/aromatic N) is 8. The van der Waals surface area contributed by atoms with E-state index in [0.717, 1.165) is 119 Å². The number of carbonyl (C=O) groups excluding carboxylic acids is 8. The Hall–Kier alpha value is -13.1. The number of rotatable bonds is 26. The predicted molar refractivity (Wildman–Crippen MR) is 528 cm³/mol. The molecule has 20 rings (SSSR count). The number of alkyl halides is 4. The Labute approximate surface area is 831 Å². The molecule has 6 aromatic carbocycles. The minimum Gasteiger partial charge on any atom is -0.480 e. The number of nitrogens with one attached hydrogen (secondary N) is 8. The molecule has 6 aliphatic carbocycles. The Balaban J connectivity index is 0.000000167. The number of fused-ring (bicyclic) bond motifs is 12. The number of H-pyrrole nitrogens is 4. The fraction of sp³-hybridized carbons (Fsp3) is 0.495. The van der Waals surface area contributed by atoms with Crippen molar-refractivity contribution in [3.63, 3.8) is 0 Å². The monoisotopic (exact) mass is 2020 g/mol. The van der Waals surface area contributed by atoms with Crippen molar-refractivity contribution >= 4 is 95.5 Å². The van der Waals surface area contributed by atoms with Crippen LogP contribution in [0.15, 0.2) is 122 Å². The number of aromatic amines is 4. The van der Waals surface area contributed by atoms with Gasteiger partial charge in [0.15, 0.2) is 0 Å². The van der Waals surface area contributed by atoms with Crippen molar-refractivity contribution in [3.05, 3.63) is 167 Å². The molecule has 8 amide bonds. The molecule has 0 radical (unpaired) electrons. The molecule has 4 aliphatic heterocycles. The average molecular weight is 2020 g/mol. The van der Waals surface area contributed by atoms with E-state index in [9.17, 15) is 60.0 Å². The van der Waals surface area contributed by atoms with E-state index in [1.165, 1.54) is 19.2 Å². The molecule has 764 valence electrons. The van der Waals surface area contributed by atoms with Crippen LogP contribution in [0.5, 0.6) is 0 Å². The first-order chi connectivity index (χ1) is 68.1. The molecule has 4 aromatic heterocycles. The molecule has 33 nitrogen and oxygen atoms in total. The molecule has 144 heavy (non-hydrogen) atoms. The average Bonchev–Trinajstić information content (AvgIpc) is 1.57. The van der Waals surface area contributed by atoms with Gasteiger partial charge in [-0.3, -0.25) is 28.9 Å². The SMILES string of the molecule is CCC(=O)N[C@@H](C(=O)N1CC2(CC2)C[C@H]1c1ncc(-c2ccc3c(c2)C(F)(F)c2cc(-c4ccc5nc([C@@H]6[C@H]7CC[C@H](C7)N6C(=O)OC(C)(C)C)[nH]c5c4)ccc2-3)[nH]1)C(C)C.CCC(=O)N[C@@H](C(=O)N1CC2(CC2)C[C@H]1c1ncc(-c2ccc3c(c2)C(F)(F)c2cc(-c4ccc5nc([C@@H]6[C@H]7CC[C@H](C7)N6C(=O)[C@H](CCS(C)(=O)=O)NC(=O)OC)[nH]c5c4)ccc2-3)[nH]1)C(C)C.COC(=O)N[C@@H](CCS(C)(=O)=O)C(=O)O. The Morgan fingerprint density at radius 2 is 0.854 bits per heavy atom. The number of hydrogen-bond acceptors (Lipinski definition) is 20. The quantitative estimate of drug-likeness (QED) is 0.0180. The van der Waals surface area contributed by atoms with Gasteiger partial charge >= 0.3 is 24.2 Å². The lowest BCUT2D eigenvalue weighted by Gasteiger charge is -2.36. The van der Waals surface area contributed by atoms with E-state index in [1.807, 2.05) is 129 Å². The number of likely N-dealkylation sites (tertiary alicyclic amines) is 4. The number of amides is 8. The first-order valence-corrected chi connectivity index (χ1v) is 53.5. The van der Waals surface area contributed by atoms with E-state index in [2.05, 4.69) is 40.6 Å². The summed E-state index contributed by atoms with van der Waals surface area (Å²) in [6, 6.07) is 26.9. The van der Waals surface area contributed by atoms with Crippen LogP contribution in [0.4, 0.5) is 31.9 Å². The minimum atomic E-state index is -3.43. The minimum absolute atomic E-state index is 0.0257. The summed E-state index contributed by atoms with van der Waals surface area (Å²) in [6.07, 6.45) is 14.5. The highest BCUT2D eigenvalue weighted by atomic mass is 32.2. The first-order valence-electron chi connectivity index (χ1n) is 49.4. The van der Waals surface area contributed by atoms with Gasteiger partial charge in [0.05, 0.1) is 95.7 Å². The first kappa shape index (κ1) is 101. The van der Waals surface area contributed by atoms with Crippen molar-refractivity contribution in [2.24, 2.45) is 34.5 Å². The third kappa shape index (κ3) is 20.1. The molecule has 8 fully saturated rings. The van der Waals surface area contributed by atoms with Gasteiger partial charge in [0.25, 0.3) is 11.8 Å². The fourth-order valence-electron chi connectivity index (χ4n) is 22.6. The zero-order valence-electron chi connectivity index (χ0n) is 82.7. The van der Waals surface area contributed by atoms with Crippen molar-refractivity contribution < 1.29 is 96.9 Å². The summed E-state index contributed by atoms with van der Waals surface area (Å²) in [5.74, 6) is -6.80. The zero-order chi connectivity index (χ0) is 103. The number of methoxy groups -OCH3 is 2. The summed E-state index contributed by atoms with van der Waals surface area (Å²) in [5.41, 5.74) is 8.83. The van der Waals surface area contributed by atoms with Gasteiger partial charge in [0, 0.05) is 83.9 Å². The number of aromatic nitrogens is 8. The molecule has 10 aromatic rings. The second kappa shape index (κ2) is 38.5. The Bertz CT molecular complexity index is 7020. The van der Waals surface area contributed by atoms with Crippen LogP contribution in [0.1, 0.15) is 235 Å². The number of carboxylic acids is 1. The highest BCUT2D eigenvalue weighted by Gasteiger charge is 2.59. The van der Waals surface area contributed by atoms with Gasteiger partial charge in [-0.15, -0.1) is 0 Å². The van der Waals surface area contributed by atoms with E-state index < -0.39 is 91.4 Å². The maximum atomic E-state index is 16.7. The van der Waals surface area contributed by atoms with E-state index in [-0.39, 0.29) is 142 Å². The van der Waals surface area contributed by atoms with Crippen molar-refractivity contribution in [2.75, 3.05) is 51.3 Å². The highest BCUT2D eigenvalue weighted by molar-refractivity contribution is 7.90. The van der Waals surface area contributed by atoms with Gasteiger partial charge in [-0.2, -0.15) is 17.6 Å². The van der Waals surface area contributed by atoms with Gasteiger partial charge in [0.2, 0.25) is 29.5 Å². The van der Waals surface area contributed by atoms with Crippen LogP contribution in [0.25, 0.3) is 89.1 Å². The van der Waals surface area contributed by atoms with Gasteiger partial charge in [-0.1, -0.05) is 102 Å². The van der Waals surface area contributed by atoms with Crippen LogP contribution in [0, 0.1) is 34.5 Å². The Morgan fingerprint density at radius 3 is 1.23 bits per heavy atom. The van der Waals surface area contributed by atoms with Gasteiger partial charge in [-0.25, -0.2) is 55.9 Å². The van der Waals surface area contributed by atoms with Crippen LogP contribution in [0.3, 0.4) is 0 Å². The van der Waals surface area contributed by atoms with Crippen molar-refractivity contribution in [1.82, 2.24) is 80.7 Å². The van der Waals surface area contributed by atoms with E-state index in [4.69, 9.17) is 34.5 Å². The number of alkyl carbamates (subject to hydrolysis) is 2. The fourth-order valence-corrected chi connectivity index (χ4v) is 23.9. The molecule has 4 saturated heterocycles. The summed E-state index contributed by atoms with van der Waals surface area (Å²) < 4.78 is 127. The molecule has 0 unspecified atom stereocenters. The summed E-state index contributed by atoms with van der Waals surface area (Å²) in [7, 11) is -4.42. The summed E-state index contributed by atoms with van der Waals surface area (Å²) in [6.45, 7) is 18.0. The van der Waals surface area contributed by atoms with Crippen LogP contribution >= 0.6 is 0 Å². The molecule has 39 heteroatoms. The molecular weight excluding hydrogens is 1900 g/mol. The maximum Gasteiger partial charge on any atom is 0.411 e. The Kier molecular flexibility index (Phi) is 27.0. The number of halogens is 4. The van der Waals surface area contributed by atoms with Crippen molar-refractivity contribution in [1.29, 1.82) is 0 Å². The lowest BCUT2D eigenvalue weighted by molar-refractivity contribution is -0.139. The van der Waals surface area contributed by atoms with Crippen molar-refractivity contribution in [2.45, 2.75) is 243 Å². The predicted octanol–water partition coefficient (Wildman–Crippen LogP) is 16.6. The van der Waals surface area contributed by atoms with Crippen LogP contribution in [0.2, 0.25) is 0 Å². The van der Waals surface area contributed by atoms with Crippen LogP contribution in [-0.4, -0.2) is 228 Å². The number of piperidine rings is 2. The number of carboxylic acid groups (broad SMARTS) is 1. The molecule has 9 N–H and O–H groups in total.